The normalized spacial score (nSPS) is 16.8. The van der Waals surface area contributed by atoms with Crippen molar-refractivity contribution in [3.63, 3.8) is 0 Å². The van der Waals surface area contributed by atoms with Crippen molar-refractivity contribution in [2.75, 3.05) is 0 Å². The maximum atomic E-state index is 12.3. The van der Waals surface area contributed by atoms with Crippen LogP contribution in [0.25, 0.3) is 0 Å². The predicted molar refractivity (Wildman–Crippen MR) is 81.6 cm³/mol. The van der Waals surface area contributed by atoms with E-state index in [1.54, 1.807) is 12.1 Å². The van der Waals surface area contributed by atoms with E-state index in [-0.39, 0.29) is 23.9 Å². The van der Waals surface area contributed by atoms with Crippen LogP contribution in [0.2, 0.25) is 0 Å². The van der Waals surface area contributed by atoms with Gasteiger partial charge in [-0.15, -0.1) is 0 Å². The molecule has 0 amide bonds. The number of rotatable bonds is 2. The first kappa shape index (κ1) is 14.3. The number of benzene rings is 2. The molecule has 4 heteroatoms. The number of carboxylic acid groups (broad SMARTS) is 1. The van der Waals surface area contributed by atoms with Crippen LogP contribution in [-0.2, 0) is 0 Å². The molecule has 0 saturated carbocycles. The van der Waals surface area contributed by atoms with Crippen LogP contribution in [0.1, 0.15) is 49.9 Å². The maximum absolute atomic E-state index is 12.3. The Morgan fingerprint density at radius 2 is 1.82 bits per heavy atom. The minimum atomic E-state index is -0.969. The van der Waals surface area contributed by atoms with Gasteiger partial charge in [0, 0.05) is 0 Å². The number of carboxylic acids is 1. The SMILES string of the molecule is Cc1ccc2c(c1C)OC(c1ccc(C(=O)O)cc1)CC2=O. The van der Waals surface area contributed by atoms with Gasteiger partial charge in [0.1, 0.15) is 11.9 Å². The fourth-order valence-corrected chi connectivity index (χ4v) is 2.65. The van der Waals surface area contributed by atoms with Gasteiger partial charge in [0.25, 0.3) is 0 Å². The second kappa shape index (κ2) is 5.30. The molecule has 0 aromatic heterocycles. The summed E-state index contributed by atoms with van der Waals surface area (Å²) in [7, 11) is 0. The highest BCUT2D eigenvalue weighted by Crippen LogP contribution is 2.38. The molecule has 2 aromatic carbocycles. The van der Waals surface area contributed by atoms with Crippen molar-refractivity contribution < 1.29 is 19.4 Å². The van der Waals surface area contributed by atoms with E-state index in [9.17, 15) is 9.59 Å². The molecule has 1 aliphatic heterocycles. The molecule has 112 valence electrons. The van der Waals surface area contributed by atoms with Gasteiger partial charge in [-0.3, -0.25) is 4.79 Å². The fourth-order valence-electron chi connectivity index (χ4n) is 2.65. The van der Waals surface area contributed by atoms with Crippen molar-refractivity contribution in [1.29, 1.82) is 0 Å². The average molecular weight is 296 g/mol. The lowest BCUT2D eigenvalue weighted by Crippen LogP contribution is -2.21. The third kappa shape index (κ3) is 2.37. The number of carbonyl (C=O) groups is 2. The largest absolute Gasteiger partial charge is 0.484 e. The van der Waals surface area contributed by atoms with E-state index in [1.807, 2.05) is 26.0 Å². The van der Waals surface area contributed by atoms with Gasteiger partial charge in [-0.05, 0) is 48.7 Å². The summed E-state index contributed by atoms with van der Waals surface area (Å²) in [5.74, 6) is -0.274. The number of aryl methyl sites for hydroxylation is 1. The number of fused-ring (bicyclic) bond motifs is 1. The monoisotopic (exact) mass is 296 g/mol. The zero-order chi connectivity index (χ0) is 15.9. The molecular formula is C18H16O4. The first-order chi connectivity index (χ1) is 10.5. The quantitative estimate of drug-likeness (QED) is 0.917. The summed E-state index contributed by atoms with van der Waals surface area (Å²) < 4.78 is 6.03. The van der Waals surface area contributed by atoms with Gasteiger partial charge >= 0.3 is 5.97 Å². The van der Waals surface area contributed by atoms with Gasteiger partial charge in [-0.1, -0.05) is 18.2 Å². The molecule has 1 heterocycles. The highest BCUT2D eigenvalue weighted by molar-refractivity contribution is 6.00. The van der Waals surface area contributed by atoms with Crippen LogP contribution in [0.5, 0.6) is 5.75 Å². The number of ketones is 1. The van der Waals surface area contributed by atoms with Crippen molar-refractivity contribution in [3.05, 3.63) is 64.2 Å². The van der Waals surface area contributed by atoms with Crippen molar-refractivity contribution >= 4 is 11.8 Å². The summed E-state index contributed by atoms with van der Waals surface area (Å²) in [4.78, 5) is 23.2. The predicted octanol–water partition coefficient (Wildman–Crippen LogP) is 3.71. The van der Waals surface area contributed by atoms with Gasteiger partial charge in [-0.2, -0.15) is 0 Å². The Labute approximate surface area is 128 Å². The van der Waals surface area contributed by atoms with Gasteiger partial charge in [-0.25, -0.2) is 4.79 Å². The molecule has 0 fully saturated rings. The third-order valence-electron chi connectivity index (χ3n) is 4.14. The second-order valence-electron chi connectivity index (χ2n) is 5.55. The summed E-state index contributed by atoms with van der Waals surface area (Å²) in [6.07, 6.45) is -0.106. The Bertz CT molecular complexity index is 759. The van der Waals surface area contributed by atoms with E-state index in [0.717, 1.165) is 16.7 Å². The van der Waals surface area contributed by atoms with Crippen molar-refractivity contribution in [1.82, 2.24) is 0 Å². The van der Waals surface area contributed by atoms with E-state index in [2.05, 4.69) is 0 Å². The lowest BCUT2D eigenvalue weighted by atomic mass is 9.93. The highest BCUT2D eigenvalue weighted by Gasteiger charge is 2.29. The first-order valence-corrected chi connectivity index (χ1v) is 7.10. The van der Waals surface area contributed by atoms with Crippen LogP contribution in [0.4, 0.5) is 0 Å². The maximum Gasteiger partial charge on any atom is 0.335 e. The highest BCUT2D eigenvalue weighted by atomic mass is 16.5. The molecular weight excluding hydrogens is 280 g/mol. The second-order valence-corrected chi connectivity index (χ2v) is 5.55. The van der Waals surface area contributed by atoms with Crippen molar-refractivity contribution in [3.8, 4) is 5.75 Å². The number of hydrogen-bond donors (Lipinski definition) is 1. The molecule has 0 saturated heterocycles. The zero-order valence-electron chi connectivity index (χ0n) is 12.4. The topological polar surface area (TPSA) is 63.6 Å². The Morgan fingerprint density at radius 1 is 1.14 bits per heavy atom. The van der Waals surface area contributed by atoms with Crippen molar-refractivity contribution in [2.45, 2.75) is 26.4 Å². The summed E-state index contributed by atoms with van der Waals surface area (Å²) in [6.45, 7) is 3.92. The molecule has 1 N–H and O–H groups in total. The van der Waals surface area contributed by atoms with Gasteiger partial charge < -0.3 is 9.84 Å². The molecule has 1 unspecified atom stereocenters. The lowest BCUT2D eigenvalue weighted by Gasteiger charge is -2.27. The minimum absolute atomic E-state index is 0.0525. The summed E-state index contributed by atoms with van der Waals surface area (Å²) in [5, 5.41) is 8.94. The Morgan fingerprint density at radius 3 is 2.45 bits per heavy atom. The molecule has 1 atom stereocenters. The van der Waals surface area contributed by atoms with Crippen molar-refractivity contribution in [2.24, 2.45) is 0 Å². The summed E-state index contributed by atoms with van der Waals surface area (Å²) in [6, 6.07) is 10.2. The van der Waals surface area contributed by atoms with Crippen LogP contribution >= 0.6 is 0 Å². The van der Waals surface area contributed by atoms with Crippen LogP contribution in [0.3, 0.4) is 0 Å². The lowest BCUT2D eigenvalue weighted by molar-refractivity contribution is 0.0695. The first-order valence-electron chi connectivity index (χ1n) is 7.10. The standard InChI is InChI=1S/C18H16O4/c1-10-3-8-14-15(19)9-16(22-17(14)11(10)2)12-4-6-13(7-5-12)18(20)21/h3-8,16H,9H2,1-2H3,(H,20,21). The van der Waals surface area contributed by atoms with Crippen LogP contribution in [0.15, 0.2) is 36.4 Å². The summed E-state index contributed by atoms with van der Waals surface area (Å²) in [5.41, 5.74) is 3.70. The average Bonchev–Trinajstić information content (AvgIpc) is 2.51. The van der Waals surface area contributed by atoms with Crippen LogP contribution in [-0.4, -0.2) is 16.9 Å². The third-order valence-corrected chi connectivity index (χ3v) is 4.14. The van der Waals surface area contributed by atoms with E-state index in [0.29, 0.717) is 11.3 Å². The molecule has 0 radical (unpaired) electrons. The Kier molecular flexibility index (Phi) is 3.45. The Hall–Kier alpha value is -2.62. The molecule has 22 heavy (non-hydrogen) atoms. The van der Waals surface area contributed by atoms with E-state index < -0.39 is 5.97 Å². The number of aromatic carboxylic acids is 1. The van der Waals surface area contributed by atoms with Crippen LogP contribution < -0.4 is 4.74 Å². The summed E-state index contributed by atoms with van der Waals surface area (Å²) >= 11 is 0. The number of Topliss-reactive ketones (excluding diaryl/α,β-unsaturated/α-hetero) is 1. The minimum Gasteiger partial charge on any atom is -0.484 e. The van der Waals surface area contributed by atoms with Gasteiger partial charge in [0.15, 0.2) is 5.78 Å². The zero-order valence-corrected chi connectivity index (χ0v) is 12.4. The van der Waals surface area contributed by atoms with E-state index in [1.165, 1.54) is 12.1 Å². The number of carbonyl (C=O) groups excluding carboxylic acids is 1. The molecule has 0 spiro atoms. The molecule has 4 nitrogen and oxygen atoms in total. The Balaban J connectivity index is 1.96. The smallest absolute Gasteiger partial charge is 0.335 e. The van der Waals surface area contributed by atoms with Gasteiger partial charge in [0.2, 0.25) is 0 Å². The molecule has 1 aliphatic rings. The number of ether oxygens (including phenoxy) is 1. The van der Waals surface area contributed by atoms with E-state index in [4.69, 9.17) is 9.84 Å². The van der Waals surface area contributed by atoms with Crippen LogP contribution in [0, 0.1) is 13.8 Å². The van der Waals surface area contributed by atoms with Gasteiger partial charge in [0.05, 0.1) is 17.5 Å². The number of hydrogen-bond acceptors (Lipinski definition) is 3. The molecule has 0 aliphatic carbocycles. The fraction of sp³-hybridized carbons (Fsp3) is 0.222. The molecule has 0 bridgehead atoms. The molecule has 3 rings (SSSR count). The molecule has 2 aromatic rings. The van der Waals surface area contributed by atoms with E-state index >= 15 is 0 Å².